The second kappa shape index (κ2) is 6.84. The van der Waals surface area contributed by atoms with Gasteiger partial charge in [0, 0.05) is 5.56 Å². The fraction of sp³-hybridized carbons (Fsp3) is 0.105. The number of hydrogen-bond acceptors (Lipinski definition) is 4. The zero-order valence-corrected chi connectivity index (χ0v) is 13.7. The summed E-state index contributed by atoms with van der Waals surface area (Å²) in [5, 5.41) is 1.90. The number of carbonyl (C=O) groups is 1. The minimum absolute atomic E-state index is 0.0512. The number of sulfone groups is 1. The molecule has 0 amide bonds. The number of hydrogen-bond donors (Lipinski definition) is 0. The molecule has 5 heteroatoms. The van der Waals surface area contributed by atoms with Gasteiger partial charge in [-0.3, -0.25) is 4.79 Å². The molecule has 0 aliphatic carbocycles. The van der Waals surface area contributed by atoms with Crippen LogP contribution in [0.1, 0.15) is 10.4 Å². The van der Waals surface area contributed by atoms with Crippen molar-refractivity contribution in [3.8, 4) is 5.75 Å². The van der Waals surface area contributed by atoms with Crippen molar-refractivity contribution in [2.75, 3.05) is 12.4 Å². The summed E-state index contributed by atoms with van der Waals surface area (Å²) in [6.45, 7) is 0.0512. The standard InChI is InChI=1S/C19H16O4S/c20-14-15-5-8-18(9-6-15)23-11-12-24(21,22)19-10-7-16-3-1-2-4-17(16)13-19/h1-10,13-14H,11-12H2. The molecule has 3 aromatic carbocycles. The normalized spacial score (nSPS) is 11.3. The van der Waals surface area contributed by atoms with Gasteiger partial charge in [-0.1, -0.05) is 30.3 Å². The van der Waals surface area contributed by atoms with Crippen molar-refractivity contribution < 1.29 is 17.9 Å². The van der Waals surface area contributed by atoms with Crippen LogP contribution in [0.15, 0.2) is 71.6 Å². The van der Waals surface area contributed by atoms with Crippen LogP contribution in [-0.2, 0) is 9.84 Å². The predicted molar refractivity (Wildman–Crippen MR) is 93.3 cm³/mol. The molecule has 3 rings (SSSR count). The molecule has 0 spiro atoms. The first kappa shape index (κ1) is 16.2. The Balaban J connectivity index is 1.69. The van der Waals surface area contributed by atoms with Crippen LogP contribution in [0, 0.1) is 0 Å². The van der Waals surface area contributed by atoms with Crippen LogP contribution in [0.3, 0.4) is 0 Å². The minimum Gasteiger partial charge on any atom is -0.493 e. The predicted octanol–water partition coefficient (Wildman–Crippen LogP) is 3.51. The number of ether oxygens (including phenoxy) is 1. The first-order valence-electron chi connectivity index (χ1n) is 7.48. The van der Waals surface area contributed by atoms with E-state index in [0.29, 0.717) is 16.2 Å². The molecule has 0 aliphatic heterocycles. The molecular weight excluding hydrogens is 324 g/mol. The van der Waals surface area contributed by atoms with E-state index in [1.165, 1.54) is 0 Å². The lowest BCUT2D eigenvalue weighted by atomic mass is 10.1. The van der Waals surface area contributed by atoms with Crippen molar-refractivity contribution >= 4 is 26.9 Å². The Morgan fingerprint density at radius 1 is 0.875 bits per heavy atom. The maximum absolute atomic E-state index is 12.4. The average molecular weight is 340 g/mol. The molecule has 0 saturated carbocycles. The van der Waals surface area contributed by atoms with Crippen molar-refractivity contribution in [2.24, 2.45) is 0 Å². The lowest BCUT2D eigenvalue weighted by molar-refractivity contribution is 0.112. The number of aldehydes is 1. The van der Waals surface area contributed by atoms with Crippen LogP contribution >= 0.6 is 0 Å². The highest BCUT2D eigenvalue weighted by Crippen LogP contribution is 2.20. The summed E-state index contributed by atoms with van der Waals surface area (Å²) in [4.78, 5) is 10.9. The fourth-order valence-electron chi connectivity index (χ4n) is 2.39. The molecule has 24 heavy (non-hydrogen) atoms. The molecule has 0 unspecified atom stereocenters. The molecule has 0 saturated heterocycles. The third-order valence-electron chi connectivity index (χ3n) is 3.72. The summed E-state index contributed by atoms with van der Waals surface area (Å²) in [7, 11) is -3.42. The van der Waals surface area contributed by atoms with Gasteiger partial charge in [0.2, 0.25) is 0 Å². The summed E-state index contributed by atoms with van der Waals surface area (Å²) >= 11 is 0. The molecule has 0 aliphatic rings. The smallest absolute Gasteiger partial charge is 0.181 e. The average Bonchev–Trinajstić information content (AvgIpc) is 2.62. The molecule has 0 fully saturated rings. The van der Waals surface area contributed by atoms with E-state index in [-0.39, 0.29) is 12.4 Å². The molecule has 122 valence electrons. The molecular formula is C19H16O4S. The van der Waals surface area contributed by atoms with Gasteiger partial charge in [-0.05, 0) is 47.2 Å². The van der Waals surface area contributed by atoms with Gasteiger partial charge in [0.25, 0.3) is 0 Å². The van der Waals surface area contributed by atoms with Crippen LogP contribution in [0.4, 0.5) is 0 Å². The van der Waals surface area contributed by atoms with Crippen LogP contribution in [0.5, 0.6) is 5.75 Å². The Bertz CT molecular complexity index is 960. The summed E-state index contributed by atoms with van der Waals surface area (Å²) < 4.78 is 30.3. The maximum Gasteiger partial charge on any atom is 0.181 e. The highest BCUT2D eigenvalue weighted by Gasteiger charge is 2.15. The van der Waals surface area contributed by atoms with Crippen LogP contribution in [0.2, 0.25) is 0 Å². The summed E-state index contributed by atoms with van der Waals surface area (Å²) in [6, 6.07) is 19.3. The largest absolute Gasteiger partial charge is 0.493 e. The Kier molecular flexibility index (Phi) is 4.62. The molecule has 0 heterocycles. The van der Waals surface area contributed by atoms with Gasteiger partial charge in [-0.15, -0.1) is 0 Å². The van der Waals surface area contributed by atoms with E-state index in [1.54, 1.807) is 42.5 Å². The Hall–Kier alpha value is -2.66. The van der Waals surface area contributed by atoms with E-state index in [2.05, 4.69) is 0 Å². The van der Waals surface area contributed by atoms with Gasteiger partial charge in [-0.25, -0.2) is 8.42 Å². The van der Waals surface area contributed by atoms with E-state index in [9.17, 15) is 13.2 Å². The van der Waals surface area contributed by atoms with Crippen molar-refractivity contribution in [1.29, 1.82) is 0 Å². The van der Waals surface area contributed by atoms with E-state index in [1.807, 2.05) is 24.3 Å². The monoisotopic (exact) mass is 340 g/mol. The SMILES string of the molecule is O=Cc1ccc(OCCS(=O)(=O)c2ccc3ccccc3c2)cc1. The Morgan fingerprint density at radius 3 is 2.29 bits per heavy atom. The van der Waals surface area contributed by atoms with Gasteiger partial charge in [0.05, 0.1) is 10.6 Å². The lowest BCUT2D eigenvalue weighted by Gasteiger charge is -2.08. The summed E-state index contributed by atoms with van der Waals surface area (Å²) in [6.07, 6.45) is 0.744. The topological polar surface area (TPSA) is 60.4 Å². The van der Waals surface area contributed by atoms with E-state index in [0.717, 1.165) is 17.1 Å². The molecule has 0 atom stereocenters. The highest BCUT2D eigenvalue weighted by atomic mass is 32.2. The summed E-state index contributed by atoms with van der Waals surface area (Å²) in [5.41, 5.74) is 0.547. The molecule has 0 radical (unpaired) electrons. The third-order valence-corrected chi connectivity index (χ3v) is 5.39. The van der Waals surface area contributed by atoms with Crippen molar-refractivity contribution in [3.05, 3.63) is 72.3 Å². The Morgan fingerprint density at radius 2 is 1.58 bits per heavy atom. The number of benzene rings is 3. The zero-order valence-electron chi connectivity index (χ0n) is 12.9. The zero-order chi connectivity index (χ0) is 17.0. The van der Waals surface area contributed by atoms with E-state index < -0.39 is 9.84 Å². The fourth-order valence-corrected chi connectivity index (χ4v) is 3.51. The maximum atomic E-state index is 12.4. The second-order valence-electron chi connectivity index (χ2n) is 5.36. The van der Waals surface area contributed by atoms with E-state index in [4.69, 9.17) is 4.74 Å². The molecule has 0 N–H and O–H groups in total. The molecule has 0 aromatic heterocycles. The van der Waals surface area contributed by atoms with Crippen molar-refractivity contribution in [2.45, 2.75) is 4.90 Å². The molecule has 0 bridgehead atoms. The quantitative estimate of drug-likeness (QED) is 0.644. The Labute approximate surface area is 140 Å². The second-order valence-corrected chi connectivity index (χ2v) is 7.47. The number of fused-ring (bicyclic) bond motifs is 1. The first-order chi connectivity index (χ1) is 11.6. The number of rotatable bonds is 6. The first-order valence-corrected chi connectivity index (χ1v) is 9.13. The van der Waals surface area contributed by atoms with Gasteiger partial charge >= 0.3 is 0 Å². The van der Waals surface area contributed by atoms with Gasteiger partial charge < -0.3 is 4.74 Å². The van der Waals surface area contributed by atoms with Crippen LogP contribution in [0.25, 0.3) is 10.8 Å². The van der Waals surface area contributed by atoms with Crippen molar-refractivity contribution in [3.63, 3.8) is 0 Å². The number of carbonyl (C=O) groups excluding carboxylic acids is 1. The van der Waals surface area contributed by atoms with Gasteiger partial charge in [-0.2, -0.15) is 0 Å². The summed E-state index contributed by atoms with van der Waals surface area (Å²) in [5.74, 6) is 0.426. The van der Waals surface area contributed by atoms with E-state index >= 15 is 0 Å². The van der Waals surface area contributed by atoms with Crippen molar-refractivity contribution in [1.82, 2.24) is 0 Å². The third kappa shape index (κ3) is 3.63. The van der Waals surface area contributed by atoms with Gasteiger partial charge in [0.1, 0.15) is 18.6 Å². The lowest BCUT2D eigenvalue weighted by Crippen LogP contribution is -2.14. The van der Waals surface area contributed by atoms with Crippen LogP contribution < -0.4 is 4.74 Å². The highest BCUT2D eigenvalue weighted by molar-refractivity contribution is 7.91. The van der Waals surface area contributed by atoms with Crippen LogP contribution in [-0.4, -0.2) is 27.1 Å². The minimum atomic E-state index is -3.42. The molecule has 3 aromatic rings. The molecule has 4 nitrogen and oxygen atoms in total. The van der Waals surface area contributed by atoms with Gasteiger partial charge in [0.15, 0.2) is 9.84 Å².